The molecule has 21 heavy (non-hydrogen) atoms. The zero-order valence-corrected chi connectivity index (χ0v) is 12.4. The summed E-state index contributed by atoms with van der Waals surface area (Å²) in [5.41, 5.74) is 4.95. The van der Waals surface area contributed by atoms with Gasteiger partial charge in [0.15, 0.2) is 0 Å². The van der Waals surface area contributed by atoms with Crippen LogP contribution in [0.15, 0.2) is 36.7 Å². The van der Waals surface area contributed by atoms with E-state index in [1.54, 1.807) is 6.20 Å². The van der Waals surface area contributed by atoms with E-state index in [0.717, 1.165) is 33.9 Å². The molecule has 2 N–H and O–H groups in total. The van der Waals surface area contributed by atoms with Crippen LogP contribution in [-0.4, -0.2) is 20.2 Å². The molecule has 0 radical (unpaired) electrons. The second-order valence-corrected chi connectivity index (χ2v) is 5.08. The van der Waals surface area contributed by atoms with Crippen LogP contribution in [0.3, 0.4) is 0 Å². The Bertz CT molecular complexity index is 750. The lowest BCUT2D eigenvalue weighted by Gasteiger charge is -2.10. The Labute approximate surface area is 127 Å². The van der Waals surface area contributed by atoms with E-state index in [1.807, 2.05) is 44.3 Å². The fraction of sp³-hybridized carbons (Fsp3) is 0.133. The van der Waals surface area contributed by atoms with Crippen molar-refractivity contribution in [1.82, 2.24) is 20.2 Å². The molecule has 2 heterocycles. The van der Waals surface area contributed by atoms with Gasteiger partial charge in [-0.25, -0.2) is 9.97 Å². The number of anilines is 2. The third-order valence-corrected chi connectivity index (χ3v) is 3.51. The summed E-state index contributed by atoms with van der Waals surface area (Å²) in [6, 6.07) is 8.04. The van der Waals surface area contributed by atoms with Crippen molar-refractivity contribution in [2.24, 2.45) is 0 Å². The average molecular weight is 300 g/mol. The van der Waals surface area contributed by atoms with Crippen molar-refractivity contribution in [2.45, 2.75) is 13.8 Å². The minimum absolute atomic E-state index is 0.246. The van der Waals surface area contributed by atoms with Crippen LogP contribution in [0.2, 0.25) is 5.28 Å². The Morgan fingerprint density at radius 1 is 1.05 bits per heavy atom. The van der Waals surface area contributed by atoms with Crippen molar-refractivity contribution in [3.63, 3.8) is 0 Å². The Morgan fingerprint density at radius 2 is 1.81 bits per heavy atom. The number of halogens is 1. The average Bonchev–Trinajstić information content (AvgIpc) is 2.99. The standard InChI is InChI=1S/C15H14ClN5/c1-9-10(2)19-15(16)21-14(9)20-13-5-3-11(4-6-13)12-7-17-18-8-12/h3-8H,1-2H3,(H,17,18)(H,19,20,21). The number of aryl methyl sites for hydroxylation is 1. The first kappa shape index (κ1) is 13.6. The summed E-state index contributed by atoms with van der Waals surface area (Å²) in [6.45, 7) is 3.88. The normalized spacial score (nSPS) is 10.6. The molecule has 0 aliphatic heterocycles. The van der Waals surface area contributed by atoms with E-state index in [1.165, 1.54) is 0 Å². The maximum atomic E-state index is 5.91. The first-order valence-corrected chi connectivity index (χ1v) is 6.88. The fourth-order valence-electron chi connectivity index (χ4n) is 2.01. The van der Waals surface area contributed by atoms with Crippen LogP contribution < -0.4 is 5.32 Å². The maximum Gasteiger partial charge on any atom is 0.224 e. The molecule has 0 bridgehead atoms. The van der Waals surface area contributed by atoms with E-state index in [0.29, 0.717) is 0 Å². The highest BCUT2D eigenvalue weighted by Crippen LogP contribution is 2.24. The van der Waals surface area contributed by atoms with Crippen LogP contribution >= 0.6 is 11.6 Å². The summed E-state index contributed by atoms with van der Waals surface area (Å²) in [5.74, 6) is 0.726. The summed E-state index contributed by atoms with van der Waals surface area (Å²) < 4.78 is 0. The molecule has 0 aliphatic rings. The largest absolute Gasteiger partial charge is 0.340 e. The predicted octanol–water partition coefficient (Wildman–Crippen LogP) is 3.88. The highest BCUT2D eigenvalue weighted by atomic mass is 35.5. The molecule has 0 fully saturated rings. The number of benzene rings is 1. The molecule has 3 rings (SSSR count). The van der Waals surface area contributed by atoms with Gasteiger partial charge in [-0.3, -0.25) is 5.10 Å². The first-order valence-electron chi connectivity index (χ1n) is 6.50. The molecule has 0 atom stereocenters. The first-order chi connectivity index (χ1) is 10.1. The lowest BCUT2D eigenvalue weighted by Crippen LogP contribution is -2.01. The number of aromatic amines is 1. The number of nitrogens with zero attached hydrogens (tertiary/aromatic N) is 3. The molecular weight excluding hydrogens is 286 g/mol. The smallest absolute Gasteiger partial charge is 0.224 e. The van der Waals surface area contributed by atoms with E-state index >= 15 is 0 Å². The van der Waals surface area contributed by atoms with Crippen molar-refractivity contribution in [1.29, 1.82) is 0 Å². The van der Waals surface area contributed by atoms with Crippen LogP contribution in [0.5, 0.6) is 0 Å². The molecule has 0 amide bonds. The van der Waals surface area contributed by atoms with E-state index in [9.17, 15) is 0 Å². The fourth-order valence-corrected chi connectivity index (χ4v) is 2.22. The summed E-state index contributed by atoms with van der Waals surface area (Å²) in [7, 11) is 0. The number of aromatic nitrogens is 4. The summed E-state index contributed by atoms with van der Waals surface area (Å²) in [6.07, 6.45) is 3.65. The molecule has 0 aliphatic carbocycles. The van der Waals surface area contributed by atoms with Gasteiger partial charge < -0.3 is 5.32 Å². The second kappa shape index (κ2) is 5.54. The lowest BCUT2D eigenvalue weighted by molar-refractivity contribution is 1.07. The van der Waals surface area contributed by atoms with E-state index < -0.39 is 0 Å². The summed E-state index contributed by atoms with van der Waals surface area (Å²) in [4.78, 5) is 8.36. The van der Waals surface area contributed by atoms with Gasteiger partial charge >= 0.3 is 0 Å². The second-order valence-electron chi connectivity index (χ2n) is 4.74. The lowest BCUT2D eigenvalue weighted by atomic mass is 10.1. The monoisotopic (exact) mass is 299 g/mol. The van der Waals surface area contributed by atoms with Gasteiger partial charge in [-0.05, 0) is 43.1 Å². The van der Waals surface area contributed by atoms with Gasteiger partial charge in [-0.15, -0.1) is 0 Å². The summed E-state index contributed by atoms with van der Waals surface area (Å²) >= 11 is 5.91. The van der Waals surface area contributed by atoms with Crippen molar-refractivity contribution in [3.05, 3.63) is 53.2 Å². The Balaban J connectivity index is 1.86. The molecular formula is C15H14ClN5. The van der Waals surface area contributed by atoms with Crippen LogP contribution in [0.1, 0.15) is 11.3 Å². The predicted molar refractivity (Wildman–Crippen MR) is 83.8 cm³/mol. The van der Waals surface area contributed by atoms with E-state index in [2.05, 4.69) is 25.5 Å². The number of hydrogen-bond donors (Lipinski definition) is 2. The van der Waals surface area contributed by atoms with Crippen molar-refractivity contribution < 1.29 is 0 Å². The number of nitrogens with one attached hydrogen (secondary N) is 2. The number of hydrogen-bond acceptors (Lipinski definition) is 4. The Kier molecular flexibility index (Phi) is 3.58. The Morgan fingerprint density at radius 3 is 2.48 bits per heavy atom. The molecule has 0 spiro atoms. The van der Waals surface area contributed by atoms with Gasteiger partial charge in [0, 0.05) is 28.7 Å². The highest BCUT2D eigenvalue weighted by Gasteiger charge is 2.07. The van der Waals surface area contributed by atoms with Crippen LogP contribution in [-0.2, 0) is 0 Å². The van der Waals surface area contributed by atoms with Crippen molar-refractivity contribution >= 4 is 23.1 Å². The van der Waals surface area contributed by atoms with E-state index in [-0.39, 0.29) is 5.28 Å². The van der Waals surface area contributed by atoms with Crippen LogP contribution in [0.25, 0.3) is 11.1 Å². The zero-order valence-electron chi connectivity index (χ0n) is 11.7. The SMILES string of the molecule is Cc1nc(Cl)nc(Nc2ccc(-c3cn[nH]c3)cc2)c1C. The van der Waals surface area contributed by atoms with Gasteiger partial charge in [0.25, 0.3) is 0 Å². The maximum absolute atomic E-state index is 5.91. The third kappa shape index (κ3) is 2.87. The molecule has 1 aromatic carbocycles. The summed E-state index contributed by atoms with van der Waals surface area (Å²) in [5, 5.41) is 10.3. The molecule has 0 saturated heterocycles. The highest BCUT2D eigenvalue weighted by molar-refractivity contribution is 6.28. The molecule has 5 nitrogen and oxygen atoms in total. The topological polar surface area (TPSA) is 66.5 Å². The molecule has 2 aromatic heterocycles. The quantitative estimate of drug-likeness (QED) is 0.720. The van der Waals surface area contributed by atoms with Crippen molar-refractivity contribution in [2.75, 3.05) is 5.32 Å². The number of H-pyrrole nitrogens is 1. The van der Waals surface area contributed by atoms with Crippen LogP contribution in [0.4, 0.5) is 11.5 Å². The zero-order chi connectivity index (χ0) is 14.8. The molecule has 3 aromatic rings. The molecule has 6 heteroatoms. The Hall–Kier alpha value is -2.40. The van der Waals surface area contributed by atoms with Gasteiger partial charge in [-0.1, -0.05) is 12.1 Å². The number of rotatable bonds is 3. The minimum Gasteiger partial charge on any atom is -0.340 e. The third-order valence-electron chi connectivity index (χ3n) is 3.34. The van der Waals surface area contributed by atoms with Gasteiger partial charge in [0.2, 0.25) is 5.28 Å². The van der Waals surface area contributed by atoms with Gasteiger partial charge in [-0.2, -0.15) is 5.10 Å². The van der Waals surface area contributed by atoms with E-state index in [4.69, 9.17) is 11.6 Å². The van der Waals surface area contributed by atoms with Gasteiger partial charge in [0.05, 0.1) is 6.20 Å². The molecule has 0 saturated carbocycles. The molecule has 0 unspecified atom stereocenters. The minimum atomic E-state index is 0.246. The molecule has 106 valence electrons. The van der Waals surface area contributed by atoms with Gasteiger partial charge in [0.1, 0.15) is 5.82 Å². The van der Waals surface area contributed by atoms with Crippen molar-refractivity contribution in [3.8, 4) is 11.1 Å². The van der Waals surface area contributed by atoms with Crippen LogP contribution in [0, 0.1) is 13.8 Å².